The molecule has 3 saturated heterocycles. The van der Waals surface area contributed by atoms with E-state index in [0.717, 1.165) is 30.2 Å². The van der Waals surface area contributed by atoms with Crippen molar-refractivity contribution in [2.75, 3.05) is 66.5 Å². The molecular formula is C29H42Cl2N6O7S. The largest absolute Gasteiger partial charge is 0.467 e. The smallest absolute Gasteiger partial charge is 0.328 e. The lowest BCUT2D eigenvalue weighted by atomic mass is 9.96. The summed E-state index contributed by atoms with van der Waals surface area (Å²) in [6.45, 7) is 4.86. The van der Waals surface area contributed by atoms with E-state index in [1.54, 1.807) is 4.90 Å². The zero-order chi connectivity index (χ0) is 32.7. The number of nitrogens with zero attached hydrogens (tertiary/aromatic N) is 4. The van der Waals surface area contributed by atoms with Crippen LogP contribution < -0.4 is 10.6 Å². The second-order valence-corrected chi connectivity index (χ2v) is 14.6. The van der Waals surface area contributed by atoms with Gasteiger partial charge in [-0.3, -0.25) is 9.59 Å². The van der Waals surface area contributed by atoms with Gasteiger partial charge in [0.2, 0.25) is 21.8 Å². The molecule has 3 heterocycles. The van der Waals surface area contributed by atoms with Crippen LogP contribution in [0.3, 0.4) is 0 Å². The Morgan fingerprint density at radius 1 is 0.933 bits per heavy atom. The first kappa shape index (κ1) is 35.2. The van der Waals surface area contributed by atoms with Crippen LogP contribution in [-0.2, 0) is 29.1 Å². The number of hydrogen-bond acceptors (Lipinski definition) is 8. The van der Waals surface area contributed by atoms with Crippen molar-refractivity contribution in [1.29, 1.82) is 0 Å². The quantitative estimate of drug-likeness (QED) is 0.354. The zero-order valence-corrected chi connectivity index (χ0v) is 28.0. The molecule has 2 N–H and O–H groups in total. The summed E-state index contributed by atoms with van der Waals surface area (Å²) in [5, 5.41) is 5.94. The minimum Gasteiger partial charge on any atom is -0.467 e. The first-order valence-electron chi connectivity index (χ1n) is 15.2. The number of amides is 4. The molecule has 2 atom stereocenters. The number of nitrogens with one attached hydrogen (secondary N) is 2. The van der Waals surface area contributed by atoms with Crippen LogP contribution >= 0.6 is 23.2 Å². The predicted octanol–water partition coefficient (Wildman–Crippen LogP) is 1.78. The van der Waals surface area contributed by atoms with E-state index < -0.39 is 34.0 Å². The lowest BCUT2D eigenvalue weighted by molar-refractivity contribution is -0.146. The molecule has 16 heteroatoms. The zero-order valence-electron chi connectivity index (χ0n) is 25.7. The highest BCUT2D eigenvalue weighted by Gasteiger charge is 2.41. The third kappa shape index (κ3) is 9.22. The predicted molar refractivity (Wildman–Crippen MR) is 168 cm³/mol. The van der Waals surface area contributed by atoms with Crippen LogP contribution in [0.1, 0.15) is 38.5 Å². The van der Waals surface area contributed by atoms with E-state index in [0.29, 0.717) is 39.1 Å². The van der Waals surface area contributed by atoms with Crippen molar-refractivity contribution in [3.8, 4) is 0 Å². The maximum absolute atomic E-state index is 13.4. The first-order valence-corrected chi connectivity index (χ1v) is 17.4. The Kier molecular flexibility index (Phi) is 12.3. The summed E-state index contributed by atoms with van der Waals surface area (Å²) < 4.78 is 32.7. The van der Waals surface area contributed by atoms with Gasteiger partial charge in [-0.25, -0.2) is 18.0 Å². The fourth-order valence-corrected chi connectivity index (χ4v) is 8.31. The minimum atomic E-state index is -4.10. The number of methoxy groups -OCH3 is 1. The van der Waals surface area contributed by atoms with Crippen molar-refractivity contribution < 1.29 is 32.3 Å². The highest BCUT2D eigenvalue weighted by atomic mass is 35.5. The summed E-state index contributed by atoms with van der Waals surface area (Å²) in [6, 6.07) is 1.73. The number of carbonyl (C=O) groups excluding carboxylic acids is 4. The number of hydrogen-bond donors (Lipinski definition) is 2. The molecule has 250 valence electrons. The lowest BCUT2D eigenvalue weighted by Gasteiger charge is -2.34. The van der Waals surface area contributed by atoms with Crippen LogP contribution in [0.15, 0.2) is 23.1 Å². The number of sulfonamides is 1. The van der Waals surface area contributed by atoms with Gasteiger partial charge in [0.05, 0.1) is 12.0 Å². The number of piperazine rings is 1. The molecule has 0 saturated carbocycles. The van der Waals surface area contributed by atoms with Gasteiger partial charge in [-0.2, -0.15) is 4.31 Å². The van der Waals surface area contributed by atoms with Crippen molar-refractivity contribution in [3.63, 3.8) is 0 Å². The van der Waals surface area contributed by atoms with Crippen molar-refractivity contribution in [2.45, 2.75) is 55.5 Å². The number of carbonyl (C=O) groups is 4. The fraction of sp³-hybridized carbons (Fsp3) is 0.655. The maximum Gasteiger partial charge on any atom is 0.328 e. The van der Waals surface area contributed by atoms with E-state index in [1.165, 1.54) is 25.3 Å². The van der Waals surface area contributed by atoms with E-state index in [9.17, 15) is 27.6 Å². The van der Waals surface area contributed by atoms with Gasteiger partial charge in [-0.05, 0) is 63.3 Å². The van der Waals surface area contributed by atoms with E-state index in [2.05, 4.69) is 15.5 Å². The van der Waals surface area contributed by atoms with E-state index in [-0.39, 0.29) is 58.6 Å². The molecule has 3 aliphatic heterocycles. The fourth-order valence-electron chi connectivity index (χ4n) is 5.93. The molecule has 3 aliphatic rings. The van der Waals surface area contributed by atoms with Gasteiger partial charge in [0.15, 0.2) is 0 Å². The molecule has 1 aromatic rings. The van der Waals surface area contributed by atoms with Gasteiger partial charge in [0, 0.05) is 68.8 Å². The molecule has 0 aromatic heterocycles. The SMILES string of the molecule is COC(=O)C(CCC(=O)N1CCC(CNC(=O)N2CCN(C)CC2)CC1)NC(=O)[C@@H]1CCCN1S(=O)(=O)c1cc(Cl)cc(Cl)c1. The maximum atomic E-state index is 13.4. The number of likely N-dealkylation sites (tertiary alicyclic amines) is 1. The minimum absolute atomic E-state index is 0.00144. The van der Waals surface area contributed by atoms with Crippen LogP contribution in [0.5, 0.6) is 0 Å². The van der Waals surface area contributed by atoms with Crippen LogP contribution in [0.2, 0.25) is 10.0 Å². The standard InChI is InChI=1S/C29H42Cl2N6O7S/c1-34-12-14-36(15-13-34)29(41)32-19-20-7-10-35(11-8-20)26(38)6-5-24(28(40)44-2)33-27(39)25-4-3-9-37(25)45(42,43)23-17-21(30)16-22(31)18-23/h16-18,20,24-25H,3-15,19H2,1-2H3,(H,32,41)(H,33,39)/t24?,25-/m0/s1. The van der Waals surface area contributed by atoms with Crippen molar-refractivity contribution in [2.24, 2.45) is 5.92 Å². The van der Waals surface area contributed by atoms with Crippen molar-refractivity contribution in [1.82, 2.24) is 29.6 Å². The number of esters is 1. The number of benzene rings is 1. The third-order valence-corrected chi connectivity index (χ3v) is 11.0. The Hall–Kier alpha value is -2.65. The number of rotatable bonds is 10. The van der Waals surface area contributed by atoms with Gasteiger partial charge >= 0.3 is 12.0 Å². The molecule has 1 unspecified atom stereocenters. The summed E-state index contributed by atoms with van der Waals surface area (Å²) in [5.74, 6) is -1.26. The monoisotopic (exact) mass is 688 g/mol. The summed E-state index contributed by atoms with van der Waals surface area (Å²) in [4.78, 5) is 57.0. The van der Waals surface area contributed by atoms with Gasteiger partial charge in [-0.1, -0.05) is 23.2 Å². The first-order chi connectivity index (χ1) is 21.4. The third-order valence-electron chi connectivity index (χ3n) is 8.70. The Bertz CT molecular complexity index is 1330. The molecule has 3 fully saturated rings. The van der Waals surface area contributed by atoms with Crippen LogP contribution in [0.25, 0.3) is 0 Å². The van der Waals surface area contributed by atoms with E-state index in [1.807, 2.05) is 11.9 Å². The Labute approximate surface area is 274 Å². The van der Waals surface area contributed by atoms with Gasteiger partial charge in [-0.15, -0.1) is 0 Å². The Balaban J connectivity index is 1.26. The second kappa shape index (κ2) is 15.8. The lowest BCUT2D eigenvalue weighted by Crippen LogP contribution is -2.52. The van der Waals surface area contributed by atoms with E-state index in [4.69, 9.17) is 27.9 Å². The Morgan fingerprint density at radius 3 is 2.20 bits per heavy atom. The normalized spacial score (nSPS) is 20.9. The topological polar surface area (TPSA) is 149 Å². The average Bonchev–Trinajstić information content (AvgIpc) is 3.53. The average molecular weight is 690 g/mol. The molecule has 45 heavy (non-hydrogen) atoms. The summed E-state index contributed by atoms with van der Waals surface area (Å²) in [7, 11) is -0.878. The number of ether oxygens (including phenoxy) is 1. The van der Waals surface area contributed by atoms with Crippen molar-refractivity contribution >= 4 is 57.0 Å². The molecule has 0 bridgehead atoms. The second-order valence-electron chi connectivity index (χ2n) is 11.8. The molecule has 4 amide bonds. The number of halogens is 2. The molecule has 4 rings (SSSR count). The van der Waals surface area contributed by atoms with E-state index >= 15 is 0 Å². The molecule has 0 radical (unpaired) electrons. The summed E-state index contributed by atoms with van der Waals surface area (Å²) in [5.41, 5.74) is 0. The van der Waals surface area contributed by atoms with Crippen LogP contribution in [-0.4, -0.2) is 130 Å². The molecule has 1 aromatic carbocycles. The van der Waals surface area contributed by atoms with Crippen LogP contribution in [0, 0.1) is 5.92 Å². The van der Waals surface area contributed by atoms with Crippen molar-refractivity contribution in [3.05, 3.63) is 28.2 Å². The number of urea groups is 1. The molecule has 13 nitrogen and oxygen atoms in total. The summed E-state index contributed by atoms with van der Waals surface area (Å²) in [6.07, 6.45) is 2.20. The van der Waals surface area contributed by atoms with Gasteiger partial charge < -0.3 is 30.1 Å². The van der Waals surface area contributed by atoms with Gasteiger partial charge in [0.1, 0.15) is 12.1 Å². The summed E-state index contributed by atoms with van der Waals surface area (Å²) >= 11 is 12.0. The molecular weight excluding hydrogens is 647 g/mol. The van der Waals surface area contributed by atoms with Gasteiger partial charge in [0.25, 0.3) is 0 Å². The highest BCUT2D eigenvalue weighted by molar-refractivity contribution is 7.89. The van der Waals surface area contributed by atoms with Crippen LogP contribution in [0.4, 0.5) is 4.79 Å². The number of likely N-dealkylation sites (N-methyl/N-ethyl adjacent to an activating group) is 1. The molecule has 0 spiro atoms. The number of piperidine rings is 1. The Morgan fingerprint density at radius 2 is 1.58 bits per heavy atom. The highest BCUT2D eigenvalue weighted by Crippen LogP contribution is 2.30. The molecule has 0 aliphatic carbocycles.